The van der Waals surface area contributed by atoms with E-state index >= 15 is 0 Å². The molecule has 81 valence electrons. The van der Waals surface area contributed by atoms with Crippen molar-refractivity contribution < 1.29 is 4.79 Å². The van der Waals surface area contributed by atoms with Gasteiger partial charge in [-0.15, -0.1) is 0 Å². The number of carbonyl (C=O) groups excluding carboxylic acids is 1. The van der Waals surface area contributed by atoms with Gasteiger partial charge < -0.3 is 10.6 Å². The molecule has 0 aliphatic heterocycles. The lowest BCUT2D eigenvalue weighted by molar-refractivity contribution is 0.225. The summed E-state index contributed by atoms with van der Waals surface area (Å²) in [6, 6.07) is 0.326. The van der Waals surface area contributed by atoms with Crippen LogP contribution in [0, 0.1) is 6.42 Å². The van der Waals surface area contributed by atoms with Gasteiger partial charge in [-0.25, -0.2) is 4.79 Å². The Kier molecular flexibility index (Phi) is 3.78. The van der Waals surface area contributed by atoms with Crippen molar-refractivity contribution in [1.29, 1.82) is 0 Å². The Morgan fingerprint density at radius 1 is 1.29 bits per heavy atom. The first-order valence-corrected chi connectivity index (χ1v) is 5.38. The van der Waals surface area contributed by atoms with Crippen molar-refractivity contribution in [3.63, 3.8) is 0 Å². The molecule has 1 aliphatic rings. The first kappa shape index (κ1) is 11.3. The first-order valence-electron chi connectivity index (χ1n) is 5.38. The van der Waals surface area contributed by atoms with Gasteiger partial charge in [-0.05, 0) is 52.9 Å². The number of amides is 2. The molecule has 1 fully saturated rings. The molecule has 0 atom stereocenters. The molecule has 3 heteroatoms. The summed E-state index contributed by atoms with van der Waals surface area (Å²) in [4.78, 5) is 11.5. The molecule has 0 spiro atoms. The largest absolute Gasteiger partial charge is 0.335 e. The highest BCUT2D eigenvalue weighted by Crippen LogP contribution is 2.16. The minimum absolute atomic E-state index is 0.0376. The van der Waals surface area contributed by atoms with E-state index in [2.05, 4.69) is 17.1 Å². The van der Waals surface area contributed by atoms with Crippen molar-refractivity contribution in [2.45, 2.75) is 58.0 Å². The highest BCUT2D eigenvalue weighted by atomic mass is 16.2. The maximum atomic E-state index is 11.5. The third-order valence-electron chi connectivity index (χ3n) is 2.26. The van der Waals surface area contributed by atoms with Crippen LogP contribution in [0.4, 0.5) is 4.79 Å². The van der Waals surface area contributed by atoms with Crippen LogP contribution in [0.25, 0.3) is 0 Å². The summed E-state index contributed by atoms with van der Waals surface area (Å²) < 4.78 is 0. The fourth-order valence-corrected chi connectivity index (χ4v) is 1.63. The molecule has 0 aromatic carbocycles. The van der Waals surface area contributed by atoms with Gasteiger partial charge in [0.25, 0.3) is 0 Å². The lowest BCUT2D eigenvalue weighted by Crippen LogP contribution is -2.49. The van der Waals surface area contributed by atoms with Gasteiger partial charge >= 0.3 is 6.03 Å². The van der Waals surface area contributed by atoms with Crippen LogP contribution in [0.15, 0.2) is 0 Å². The third-order valence-corrected chi connectivity index (χ3v) is 2.26. The number of carbonyl (C=O) groups is 1. The van der Waals surface area contributed by atoms with Crippen LogP contribution in [0.2, 0.25) is 0 Å². The second-order valence-corrected chi connectivity index (χ2v) is 4.99. The number of nitrogens with one attached hydrogen (secondary N) is 2. The van der Waals surface area contributed by atoms with Gasteiger partial charge in [0.05, 0.1) is 0 Å². The van der Waals surface area contributed by atoms with Crippen molar-refractivity contribution in [3.8, 4) is 0 Å². The van der Waals surface area contributed by atoms with E-state index in [0.717, 1.165) is 25.7 Å². The number of hydrogen-bond acceptors (Lipinski definition) is 1. The molecule has 0 unspecified atom stereocenters. The van der Waals surface area contributed by atoms with Crippen molar-refractivity contribution >= 4 is 6.03 Å². The summed E-state index contributed by atoms with van der Waals surface area (Å²) in [6.45, 7) is 5.96. The minimum Gasteiger partial charge on any atom is -0.335 e. The topological polar surface area (TPSA) is 41.1 Å². The first-order chi connectivity index (χ1) is 6.47. The van der Waals surface area contributed by atoms with Crippen LogP contribution >= 0.6 is 0 Å². The summed E-state index contributed by atoms with van der Waals surface area (Å²) in [5.41, 5.74) is -0.148. The molecule has 1 saturated carbocycles. The van der Waals surface area contributed by atoms with Crippen LogP contribution in [0.5, 0.6) is 0 Å². The van der Waals surface area contributed by atoms with E-state index in [0.29, 0.717) is 6.04 Å². The van der Waals surface area contributed by atoms with Gasteiger partial charge in [0, 0.05) is 11.6 Å². The van der Waals surface area contributed by atoms with E-state index < -0.39 is 0 Å². The Labute approximate surface area is 86.6 Å². The Hall–Kier alpha value is -0.730. The van der Waals surface area contributed by atoms with Crippen LogP contribution in [0.1, 0.15) is 46.5 Å². The Morgan fingerprint density at radius 2 is 1.86 bits per heavy atom. The Morgan fingerprint density at radius 3 is 2.36 bits per heavy atom. The SMILES string of the molecule is CC(C)(C)NC(=O)NC1CC[CH]CC1. The molecule has 0 aromatic heterocycles. The van der Waals surface area contributed by atoms with Crippen molar-refractivity contribution in [2.75, 3.05) is 0 Å². The Bertz CT molecular complexity index is 190. The molecule has 2 N–H and O–H groups in total. The average Bonchev–Trinajstić information content (AvgIpc) is 2.02. The van der Waals surface area contributed by atoms with E-state index in [1.165, 1.54) is 0 Å². The van der Waals surface area contributed by atoms with E-state index in [-0.39, 0.29) is 11.6 Å². The van der Waals surface area contributed by atoms with Gasteiger partial charge in [0.2, 0.25) is 0 Å². The molecule has 1 aliphatic carbocycles. The van der Waals surface area contributed by atoms with Gasteiger partial charge in [0.1, 0.15) is 0 Å². The summed E-state index contributed by atoms with van der Waals surface area (Å²) >= 11 is 0. The molecule has 1 rings (SSSR count). The molecule has 0 aromatic rings. The molecule has 2 amide bonds. The lowest BCUT2D eigenvalue weighted by Gasteiger charge is -2.26. The van der Waals surface area contributed by atoms with Crippen molar-refractivity contribution in [3.05, 3.63) is 6.42 Å². The third kappa shape index (κ3) is 4.49. The zero-order chi connectivity index (χ0) is 10.6. The number of rotatable bonds is 1. The second kappa shape index (κ2) is 4.67. The molecule has 1 radical (unpaired) electrons. The van der Waals surface area contributed by atoms with Gasteiger partial charge in [-0.2, -0.15) is 0 Å². The van der Waals surface area contributed by atoms with Crippen LogP contribution in [-0.2, 0) is 0 Å². The molecule has 0 saturated heterocycles. The van der Waals surface area contributed by atoms with Gasteiger partial charge in [-0.1, -0.05) is 0 Å². The molecular weight excluding hydrogens is 176 g/mol. The highest BCUT2D eigenvalue weighted by Gasteiger charge is 2.18. The molecule has 14 heavy (non-hydrogen) atoms. The van der Waals surface area contributed by atoms with E-state index in [1.54, 1.807) is 0 Å². The molecule has 0 bridgehead atoms. The maximum absolute atomic E-state index is 11.5. The van der Waals surface area contributed by atoms with E-state index in [1.807, 2.05) is 20.8 Å². The fourth-order valence-electron chi connectivity index (χ4n) is 1.63. The van der Waals surface area contributed by atoms with E-state index in [4.69, 9.17) is 0 Å². The summed E-state index contributed by atoms with van der Waals surface area (Å²) in [6.07, 6.45) is 6.70. The average molecular weight is 197 g/mol. The predicted octanol–water partition coefficient (Wildman–Crippen LogP) is 2.23. The minimum atomic E-state index is -0.148. The lowest BCUT2D eigenvalue weighted by atomic mass is 9.96. The number of hydrogen-bond donors (Lipinski definition) is 2. The van der Waals surface area contributed by atoms with Crippen molar-refractivity contribution in [2.24, 2.45) is 0 Å². The van der Waals surface area contributed by atoms with Gasteiger partial charge in [-0.3, -0.25) is 0 Å². The molecule has 0 heterocycles. The summed E-state index contributed by atoms with van der Waals surface area (Å²) in [5, 5.41) is 5.91. The fraction of sp³-hybridized carbons (Fsp3) is 0.818. The highest BCUT2D eigenvalue weighted by molar-refractivity contribution is 5.74. The summed E-state index contributed by atoms with van der Waals surface area (Å²) in [7, 11) is 0. The van der Waals surface area contributed by atoms with Crippen LogP contribution in [-0.4, -0.2) is 17.6 Å². The molecular formula is C11H21N2O. The zero-order valence-electron chi connectivity index (χ0n) is 9.39. The second-order valence-electron chi connectivity index (χ2n) is 4.99. The monoisotopic (exact) mass is 197 g/mol. The Balaban J connectivity index is 2.25. The quantitative estimate of drug-likeness (QED) is 0.665. The van der Waals surface area contributed by atoms with Gasteiger partial charge in [0.15, 0.2) is 0 Å². The van der Waals surface area contributed by atoms with Crippen molar-refractivity contribution in [1.82, 2.24) is 10.6 Å². The normalized spacial score (nSPS) is 19.1. The van der Waals surface area contributed by atoms with Crippen LogP contribution < -0.4 is 10.6 Å². The zero-order valence-corrected chi connectivity index (χ0v) is 9.39. The molecule has 3 nitrogen and oxygen atoms in total. The maximum Gasteiger partial charge on any atom is 0.315 e. The predicted molar refractivity (Wildman–Crippen MR) is 58.0 cm³/mol. The standard InChI is InChI=1S/C11H21N2O/c1-11(2,3)13-10(14)12-9-7-5-4-6-8-9/h4,9H,5-8H2,1-3H3,(H2,12,13,14). The smallest absolute Gasteiger partial charge is 0.315 e. The summed E-state index contributed by atoms with van der Waals surface area (Å²) in [5.74, 6) is 0. The number of urea groups is 1. The van der Waals surface area contributed by atoms with Crippen LogP contribution in [0.3, 0.4) is 0 Å². The van der Waals surface area contributed by atoms with E-state index in [9.17, 15) is 4.79 Å².